The minimum atomic E-state index is -0.678. The minimum absolute atomic E-state index is 0.252. The van der Waals surface area contributed by atoms with Crippen molar-refractivity contribution in [2.24, 2.45) is 0 Å². The average molecular weight is 503 g/mol. The Labute approximate surface area is 206 Å². The molecule has 0 unspecified atom stereocenters. The molecule has 35 heavy (non-hydrogen) atoms. The summed E-state index contributed by atoms with van der Waals surface area (Å²) in [5.41, 5.74) is 0. The number of methoxy groups -OCH3 is 2. The van der Waals surface area contributed by atoms with Gasteiger partial charge < -0.3 is 42.6 Å². The summed E-state index contributed by atoms with van der Waals surface area (Å²) in [6.07, 6.45) is -1.50. The third kappa shape index (κ3) is 7.14. The summed E-state index contributed by atoms with van der Waals surface area (Å²) < 4.78 is 52.1. The Balaban J connectivity index is 1.68. The smallest absolute Gasteiger partial charge is 0.303 e. The second-order valence-corrected chi connectivity index (χ2v) is 9.08. The third-order valence-corrected chi connectivity index (χ3v) is 6.40. The molecule has 200 valence electrons. The third-order valence-electron chi connectivity index (χ3n) is 6.40. The van der Waals surface area contributed by atoms with E-state index in [0.717, 1.165) is 0 Å². The first-order chi connectivity index (χ1) is 16.6. The van der Waals surface area contributed by atoms with Crippen LogP contribution in [0.5, 0.6) is 0 Å². The van der Waals surface area contributed by atoms with E-state index < -0.39 is 67.2 Å². The van der Waals surface area contributed by atoms with E-state index >= 15 is 0 Å². The molecule has 0 aliphatic carbocycles. The van der Waals surface area contributed by atoms with E-state index in [2.05, 4.69) is 0 Å². The molecular weight excluding hydrogens is 464 g/mol. The van der Waals surface area contributed by atoms with Crippen molar-refractivity contribution in [1.82, 2.24) is 0 Å². The van der Waals surface area contributed by atoms with Gasteiger partial charge in [-0.2, -0.15) is 0 Å². The van der Waals surface area contributed by atoms with Crippen molar-refractivity contribution in [1.29, 1.82) is 0 Å². The van der Waals surface area contributed by atoms with E-state index in [-0.39, 0.29) is 18.6 Å². The zero-order valence-corrected chi connectivity index (χ0v) is 21.4. The van der Waals surface area contributed by atoms with Gasteiger partial charge in [-0.1, -0.05) is 0 Å². The highest BCUT2D eigenvalue weighted by atomic mass is 16.7. The van der Waals surface area contributed by atoms with Gasteiger partial charge in [-0.25, -0.2) is 0 Å². The van der Waals surface area contributed by atoms with Crippen LogP contribution in [0.3, 0.4) is 0 Å². The fourth-order valence-electron chi connectivity index (χ4n) is 4.74. The second-order valence-electron chi connectivity index (χ2n) is 9.08. The molecule has 0 saturated carbocycles. The van der Waals surface area contributed by atoms with Crippen LogP contribution < -0.4 is 0 Å². The van der Waals surface area contributed by atoms with Gasteiger partial charge in [-0.05, 0) is 26.8 Å². The molecule has 0 spiro atoms. The lowest BCUT2D eigenvalue weighted by molar-refractivity contribution is -0.323. The molecule has 11 nitrogen and oxygen atoms in total. The van der Waals surface area contributed by atoms with Crippen LogP contribution in [0.1, 0.15) is 47.5 Å². The van der Waals surface area contributed by atoms with Crippen LogP contribution >= 0.6 is 0 Å². The molecule has 3 heterocycles. The maximum atomic E-state index is 11.9. The highest BCUT2D eigenvalue weighted by molar-refractivity contribution is 5.66. The minimum Gasteiger partial charge on any atom is -0.496 e. The maximum Gasteiger partial charge on any atom is 0.303 e. The number of carbonyl (C=O) groups excluding carboxylic acids is 2. The molecule has 11 atom stereocenters. The molecule has 0 aromatic carbocycles. The van der Waals surface area contributed by atoms with E-state index in [1.807, 2.05) is 13.8 Å². The Hall–Kier alpha value is -1.76. The molecule has 0 bridgehead atoms. The molecule has 0 aromatic rings. The summed E-state index contributed by atoms with van der Waals surface area (Å²) in [6.45, 7) is 8.19. The Morgan fingerprint density at radius 1 is 0.743 bits per heavy atom. The molecule has 0 radical (unpaired) electrons. The fraction of sp³-hybridized carbons (Fsp3) is 0.833. The lowest BCUT2D eigenvalue weighted by Gasteiger charge is -2.45. The number of esters is 2. The molecule has 0 N–H and O–H groups in total. The topological polar surface area (TPSA) is 117 Å². The molecule has 2 fully saturated rings. The monoisotopic (exact) mass is 502 g/mol. The predicted molar refractivity (Wildman–Crippen MR) is 120 cm³/mol. The first-order valence-corrected chi connectivity index (χ1v) is 12.0. The molecule has 11 heteroatoms. The molecular formula is C24H38O11. The lowest BCUT2D eigenvalue weighted by Crippen LogP contribution is -2.56. The van der Waals surface area contributed by atoms with Crippen molar-refractivity contribution in [3.63, 3.8) is 0 Å². The highest BCUT2D eigenvalue weighted by Gasteiger charge is 2.46. The van der Waals surface area contributed by atoms with Crippen molar-refractivity contribution < 1.29 is 52.2 Å². The summed E-state index contributed by atoms with van der Waals surface area (Å²) in [5.74, 6) is -0.850. The predicted octanol–water partition coefficient (Wildman–Crippen LogP) is 1.85. The highest BCUT2D eigenvalue weighted by Crippen LogP contribution is 2.33. The Morgan fingerprint density at radius 2 is 1.31 bits per heavy atom. The van der Waals surface area contributed by atoms with E-state index in [9.17, 15) is 9.59 Å². The lowest BCUT2D eigenvalue weighted by atomic mass is 9.99. The zero-order chi connectivity index (χ0) is 25.7. The van der Waals surface area contributed by atoms with Gasteiger partial charge in [0.05, 0.1) is 18.5 Å². The van der Waals surface area contributed by atoms with Crippen LogP contribution in [0.15, 0.2) is 12.3 Å². The molecule has 3 aliphatic rings. The summed E-state index contributed by atoms with van der Waals surface area (Å²) in [6, 6.07) is 0. The Bertz CT molecular complexity index is 743. The molecule has 2 saturated heterocycles. The van der Waals surface area contributed by atoms with Crippen molar-refractivity contribution in [2.45, 2.75) is 115 Å². The van der Waals surface area contributed by atoms with Crippen molar-refractivity contribution in [3.8, 4) is 0 Å². The van der Waals surface area contributed by atoms with Crippen molar-refractivity contribution in [3.05, 3.63) is 12.3 Å². The number of rotatable bonds is 8. The van der Waals surface area contributed by atoms with Gasteiger partial charge in [0.2, 0.25) is 0 Å². The number of hydrogen-bond donors (Lipinski definition) is 0. The van der Waals surface area contributed by atoms with Crippen molar-refractivity contribution in [2.75, 3.05) is 14.2 Å². The van der Waals surface area contributed by atoms with Crippen LogP contribution in [-0.4, -0.2) is 93.7 Å². The first kappa shape index (κ1) is 27.8. The standard InChI is InChI=1S/C24H38O11/c1-12-22(17(27-6)8-9-29-12)34-21-11-19(32-15(4)25)24(14(3)31-21)35-20-10-18(28-7)23(13(2)30-20)33-16(5)26/h8-9,12-14,17-24H,10-11H2,1-7H3/t12-,13-,14-,17+,18-,19+,20+,21+,22-,23-,24-/m1/s1. The van der Waals surface area contributed by atoms with Gasteiger partial charge >= 0.3 is 11.9 Å². The molecule has 0 amide bonds. The van der Waals surface area contributed by atoms with Crippen LogP contribution in [-0.2, 0) is 52.2 Å². The summed E-state index contributed by atoms with van der Waals surface area (Å²) in [7, 11) is 3.15. The SMILES string of the molecule is CO[C@H]1C=CO[C@H](C)[C@H]1O[C@H]1C[C@H](OC(C)=O)[C@H](O[C@H]2C[C@@H](OC)[C@H](OC(C)=O)[C@@H](C)O2)[C@@H](C)O1. The average Bonchev–Trinajstić information content (AvgIpc) is 2.78. The van der Waals surface area contributed by atoms with E-state index in [4.69, 9.17) is 42.6 Å². The quantitative estimate of drug-likeness (QED) is 0.453. The number of hydrogen-bond acceptors (Lipinski definition) is 11. The second kappa shape index (κ2) is 12.5. The van der Waals surface area contributed by atoms with Crippen LogP contribution in [0, 0.1) is 0 Å². The largest absolute Gasteiger partial charge is 0.496 e. The first-order valence-electron chi connectivity index (χ1n) is 12.0. The van der Waals surface area contributed by atoms with E-state index in [1.165, 1.54) is 13.8 Å². The number of ether oxygens (including phenoxy) is 9. The Morgan fingerprint density at radius 3 is 1.89 bits per heavy atom. The molecule has 3 rings (SSSR count). The van der Waals surface area contributed by atoms with Gasteiger partial charge in [0.25, 0.3) is 0 Å². The normalized spacial score (nSPS) is 41.6. The van der Waals surface area contributed by atoms with Gasteiger partial charge in [0.15, 0.2) is 18.7 Å². The van der Waals surface area contributed by atoms with Crippen LogP contribution in [0.2, 0.25) is 0 Å². The maximum absolute atomic E-state index is 11.9. The number of carbonyl (C=O) groups is 2. The van der Waals surface area contributed by atoms with Crippen LogP contribution in [0.4, 0.5) is 0 Å². The van der Waals surface area contributed by atoms with Gasteiger partial charge in [-0.3, -0.25) is 9.59 Å². The fourth-order valence-corrected chi connectivity index (χ4v) is 4.74. The van der Waals surface area contributed by atoms with Gasteiger partial charge in [0.1, 0.15) is 36.6 Å². The van der Waals surface area contributed by atoms with E-state index in [1.54, 1.807) is 33.5 Å². The summed E-state index contributed by atoms with van der Waals surface area (Å²) in [4.78, 5) is 23.4. The summed E-state index contributed by atoms with van der Waals surface area (Å²) >= 11 is 0. The van der Waals surface area contributed by atoms with Crippen molar-refractivity contribution >= 4 is 11.9 Å². The van der Waals surface area contributed by atoms with Gasteiger partial charge in [0, 0.05) is 40.9 Å². The molecule has 3 aliphatic heterocycles. The zero-order valence-electron chi connectivity index (χ0n) is 21.4. The van der Waals surface area contributed by atoms with Crippen LogP contribution in [0.25, 0.3) is 0 Å². The summed E-state index contributed by atoms with van der Waals surface area (Å²) in [5, 5.41) is 0. The van der Waals surface area contributed by atoms with E-state index in [0.29, 0.717) is 6.42 Å². The molecule has 0 aromatic heterocycles. The van der Waals surface area contributed by atoms with Gasteiger partial charge in [-0.15, -0.1) is 0 Å². The Kier molecular flexibility index (Phi) is 9.91.